The predicted molar refractivity (Wildman–Crippen MR) is 56.5 cm³/mol. The molecule has 3 nitrogen and oxygen atoms in total. The van der Waals surface area contributed by atoms with E-state index in [-0.39, 0.29) is 11.3 Å². The fourth-order valence-electron chi connectivity index (χ4n) is 1.02. The van der Waals surface area contributed by atoms with E-state index in [1.807, 2.05) is 13.0 Å². The third-order valence-electron chi connectivity index (χ3n) is 1.84. The molecule has 0 aliphatic rings. The van der Waals surface area contributed by atoms with E-state index >= 15 is 0 Å². The Morgan fingerprint density at radius 1 is 1.50 bits per heavy atom. The van der Waals surface area contributed by atoms with Crippen LogP contribution in [0.1, 0.15) is 40.5 Å². The zero-order valence-corrected chi connectivity index (χ0v) is 9.55. The van der Waals surface area contributed by atoms with E-state index in [9.17, 15) is 4.79 Å². The van der Waals surface area contributed by atoms with E-state index in [1.54, 1.807) is 0 Å². The normalized spacial score (nSPS) is 13.1. The molecule has 1 N–H and O–H groups in total. The van der Waals surface area contributed by atoms with Gasteiger partial charge < -0.3 is 5.32 Å². The lowest BCUT2D eigenvalue weighted by molar-refractivity contribution is -0.123. The van der Waals surface area contributed by atoms with Crippen LogP contribution in [0.15, 0.2) is 0 Å². The van der Waals surface area contributed by atoms with Gasteiger partial charge in [-0.1, -0.05) is 34.1 Å². The van der Waals surface area contributed by atoms with E-state index in [0.717, 1.165) is 6.42 Å². The Morgan fingerprint density at radius 2 is 2.07 bits per heavy atom. The van der Waals surface area contributed by atoms with E-state index < -0.39 is 5.92 Å². The molecule has 0 bridgehead atoms. The van der Waals surface area contributed by atoms with E-state index in [4.69, 9.17) is 5.26 Å². The molecule has 0 aromatic rings. The van der Waals surface area contributed by atoms with Gasteiger partial charge in [0.1, 0.15) is 5.92 Å². The number of carbonyl (C=O) groups excluding carboxylic acids is 1. The predicted octanol–water partition coefficient (Wildman–Crippen LogP) is 2.09. The Morgan fingerprint density at radius 3 is 2.43 bits per heavy atom. The van der Waals surface area contributed by atoms with Crippen molar-refractivity contribution in [3.8, 4) is 6.07 Å². The Hall–Kier alpha value is -1.04. The van der Waals surface area contributed by atoms with Gasteiger partial charge in [-0.25, -0.2) is 0 Å². The maximum absolute atomic E-state index is 11.5. The number of nitriles is 1. The lowest BCUT2D eigenvalue weighted by Crippen LogP contribution is -2.36. The van der Waals surface area contributed by atoms with Gasteiger partial charge in [-0.3, -0.25) is 4.79 Å². The summed E-state index contributed by atoms with van der Waals surface area (Å²) in [5.41, 5.74) is 0.0713. The summed E-state index contributed by atoms with van der Waals surface area (Å²) in [6, 6.07) is 2.03. The second kappa shape index (κ2) is 5.64. The molecular weight excluding hydrogens is 176 g/mol. The Bertz CT molecular complexity index is 222. The van der Waals surface area contributed by atoms with Crippen LogP contribution in [0.4, 0.5) is 0 Å². The van der Waals surface area contributed by atoms with Gasteiger partial charge in [-0.2, -0.15) is 5.26 Å². The lowest BCUT2D eigenvalue weighted by Gasteiger charge is -2.19. The van der Waals surface area contributed by atoms with Crippen molar-refractivity contribution >= 4 is 5.91 Å². The molecule has 3 heteroatoms. The molecule has 0 fully saturated rings. The zero-order valence-electron chi connectivity index (χ0n) is 9.55. The highest BCUT2D eigenvalue weighted by Crippen LogP contribution is 2.11. The molecule has 0 aromatic carbocycles. The first-order chi connectivity index (χ1) is 6.40. The van der Waals surface area contributed by atoms with Crippen molar-refractivity contribution in [2.75, 3.05) is 6.54 Å². The number of nitrogens with one attached hydrogen (secondary N) is 1. The SMILES string of the molecule is CCCC(C#N)C(=O)NCC(C)(C)C. The zero-order chi connectivity index (χ0) is 11.2. The fraction of sp³-hybridized carbons (Fsp3) is 0.818. The van der Waals surface area contributed by atoms with E-state index in [0.29, 0.717) is 13.0 Å². The molecule has 0 radical (unpaired) electrons. The van der Waals surface area contributed by atoms with Crippen LogP contribution in [-0.4, -0.2) is 12.5 Å². The third-order valence-corrected chi connectivity index (χ3v) is 1.84. The van der Waals surface area contributed by atoms with Gasteiger partial charge in [-0.05, 0) is 11.8 Å². The molecule has 0 rings (SSSR count). The van der Waals surface area contributed by atoms with Crippen LogP contribution < -0.4 is 5.32 Å². The van der Waals surface area contributed by atoms with Crippen molar-refractivity contribution in [1.82, 2.24) is 5.32 Å². The number of hydrogen-bond acceptors (Lipinski definition) is 2. The van der Waals surface area contributed by atoms with Crippen LogP contribution in [0.25, 0.3) is 0 Å². The Kier molecular flexibility index (Phi) is 5.22. The topological polar surface area (TPSA) is 52.9 Å². The molecule has 1 amide bonds. The second-order valence-corrected chi connectivity index (χ2v) is 4.75. The van der Waals surface area contributed by atoms with Gasteiger partial charge in [0, 0.05) is 6.54 Å². The molecule has 80 valence electrons. The summed E-state index contributed by atoms with van der Waals surface area (Å²) in [5.74, 6) is -0.619. The van der Waals surface area contributed by atoms with Crippen LogP contribution in [0, 0.1) is 22.7 Å². The maximum atomic E-state index is 11.5. The van der Waals surface area contributed by atoms with Gasteiger partial charge in [0.15, 0.2) is 0 Å². The highest BCUT2D eigenvalue weighted by Gasteiger charge is 2.18. The average molecular weight is 196 g/mol. The summed E-state index contributed by atoms with van der Waals surface area (Å²) in [4.78, 5) is 11.5. The molecular formula is C11H20N2O. The first kappa shape index (κ1) is 13.0. The molecule has 0 saturated carbocycles. The summed E-state index contributed by atoms with van der Waals surface area (Å²) >= 11 is 0. The van der Waals surface area contributed by atoms with Crippen molar-refractivity contribution in [1.29, 1.82) is 5.26 Å². The smallest absolute Gasteiger partial charge is 0.237 e. The molecule has 1 atom stereocenters. The highest BCUT2D eigenvalue weighted by atomic mass is 16.1. The minimum absolute atomic E-state index is 0.0713. The third kappa shape index (κ3) is 5.58. The van der Waals surface area contributed by atoms with Crippen molar-refractivity contribution < 1.29 is 4.79 Å². The summed E-state index contributed by atoms with van der Waals surface area (Å²) in [7, 11) is 0. The molecule has 14 heavy (non-hydrogen) atoms. The van der Waals surface area contributed by atoms with Crippen LogP contribution >= 0.6 is 0 Å². The van der Waals surface area contributed by atoms with Crippen LogP contribution in [-0.2, 0) is 4.79 Å². The Labute approximate surface area is 86.5 Å². The summed E-state index contributed by atoms with van der Waals surface area (Å²) < 4.78 is 0. The molecule has 0 heterocycles. The minimum atomic E-state index is -0.484. The van der Waals surface area contributed by atoms with Crippen LogP contribution in [0.2, 0.25) is 0 Å². The standard InChI is InChI=1S/C11H20N2O/c1-5-6-9(7-12)10(14)13-8-11(2,3)4/h9H,5-6,8H2,1-4H3,(H,13,14). The summed E-state index contributed by atoms with van der Waals surface area (Å²) in [6.45, 7) is 8.74. The average Bonchev–Trinajstić information content (AvgIpc) is 2.09. The van der Waals surface area contributed by atoms with Gasteiger partial charge in [0.05, 0.1) is 6.07 Å². The molecule has 0 spiro atoms. The fourth-order valence-corrected chi connectivity index (χ4v) is 1.02. The van der Waals surface area contributed by atoms with E-state index in [2.05, 4.69) is 26.1 Å². The van der Waals surface area contributed by atoms with Crippen molar-refractivity contribution in [3.63, 3.8) is 0 Å². The Balaban J connectivity index is 4.01. The molecule has 0 aromatic heterocycles. The highest BCUT2D eigenvalue weighted by molar-refractivity contribution is 5.80. The van der Waals surface area contributed by atoms with Crippen molar-refractivity contribution in [2.45, 2.75) is 40.5 Å². The molecule has 1 unspecified atom stereocenters. The first-order valence-electron chi connectivity index (χ1n) is 5.08. The molecule has 0 aliphatic carbocycles. The quantitative estimate of drug-likeness (QED) is 0.748. The van der Waals surface area contributed by atoms with Crippen molar-refractivity contribution in [3.05, 3.63) is 0 Å². The van der Waals surface area contributed by atoms with Gasteiger partial charge >= 0.3 is 0 Å². The number of hydrogen-bond donors (Lipinski definition) is 1. The lowest BCUT2D eigenvalue weighted by atomic mass is 9.96. The minimum Gasteiger partial charge on any atom is -0.354 e. The number of amides is 1. The summed E-state index contributed by atoms with van der Waals surface area (Å²) in [5, 5.41) is 11.5. The largest absolute Gasteiger partial charge is 0.354 e. The van der Waals surface area contributed by atoms with Crippen LogP contribution in [0.5, 0.6) is 0 Å². The number of carbonyl (C=O) groups is 1. The molecule has 0 aliphatic heterocycles. The van der Waals surface area contributed by atoms with E-state index in [1.165, 1.54) is 0 Å². The summed E-state index contributed by atoms with van der Waals surface area (Å²) in [6.07, 6.45) is 1.51. The second-order valence-electron chi connectivity index (χ2n) is 4.75. The molecule has 0 saturated heterocycles. The monoisotopic (exact) mass is 196 g/mol. The number of nitrogens with zero attached hydrogens (tertiary/aromatic N) is 1. The van der Waals surface area contributed by atoms with Crippen LogP contribution in [0.3, 0.4) is 0 Å². The van der Waals surface area contributed by atoms with Gasteiger partial charge in [-0.15, -0.1) is 0 Å². The maximum Gasteiger partial charge on any atom is 0.237 e. The first-order valence-corrected chi connectivity index (χ1v) is 5.08. The van der Waals surface area contributed by atoms with Gasteiger partial charge in [0.25, 0.3) is 0 Å². The van der Waals surface area contributed by atoms with Crippen molar-refractivity contribution in [2.24, 2.45) is 11.3 Å². The van der Waals surface area contributed by atoms with Gasteiger partial charge in [0.2, 0.25) is 5.91 Å². The number of rotatable bonds is 4.